The van der Waals surface area contributed by atoms with Crippen molar-refractivity contribution in [3.8, 4) is 0 Å². The molecule has 0 saturated heterocycles. The number of unbranched alkanes of at least 4 members (excludes halogenated alkanes) is 34. The van der Waals surface area contributed by atoms with Crippen LogP contribution in [0.1, 0.15) is 356 Å². The topological polar surface area (TPSA) is 68.3 Å². The van der Waals surface area contributed by atoms with Crippen molar-refractivity contribution in [2.75, 3.05) is 47.0 Å². The standard InChI is InChI=1S/C67H134N2O5/c1-8-13-18-23-27-34-43-53-64(51-41-22-17-12-5)62-73-66(70)56-46-37-29-26-28-35-44-54-65(69(59-49-58-68(6)7)74-60-48-39-32-24-19-14-9-2)55-45-36-30-31-38-47-57-67(71)72-61-63(50-40-21-16-11-4)52-42-33-25-20-15-10-3/h63-65H,8-62H2,1-7H3. The van der Waals surface area contributed by atoms with Gasteiger partial charge in [0.15, 0.2) is 0 Å². The monoisotopic (exact) mass is 1050 g/mol. The van der Waals surface area contributed by atoms with Gasteiger partial charge in [-0.25, -0.2) is 0 Å². The third-order valence-electron chi connectivity index (χ3n) is 16.1. The van der Waals surface area contributed by atoms with Gasteiger partial charge >= 0.3 is 11.9 Å². The highest BCUT2D eigenvalue weighted by Crippen LogP contribution is 2.24. The Bertz CT molecular complexity index is 1120. The molecule has 0 aromatic carbocycles. The van der Waals surface area contributed by atoms with Crippen LogP contribution in [-0.4, -0.2) is 74.9 Å². The summed E-state index contributed by atoms with van der Waals surface area (Å²) in [4.78, 5) is 34.6. The Hall–Kier alpha value is -1.18. The van der Waals surface area contributed by atoms with Gasteiger partial charge in [-0.05, 0) is 96.7 Å². The molecule has 0 N–H and O–H groups in total. The van der Waals surface area contributed by atoms with Crippen LogP contribution >= 0.6 is 0 Å². The second kappa shape index (κ2) is 59.5. The molecule has 0 amide bonds. The number of hydrogen-bond acceptors (Lipinski definition) is 7. The molecule has 3 unspecified atom stereocenters. The molecule has 0 aromatic heterocycles. The number of carbonyl (C=O) groups excluding carboxylic acids is 2. The summed E-state index contributed by atoms with van der Waals surface area (Å²) in [6, 6.07) is 0.477. The van der Waals surface area contributed by atoms with Gasteiger partial charge in [0.25, 0.3) is 0 Å². The van der Waals surface area contributed by atoms with Crippen molar-refractivity contribution < 1.29 is 23.9 Å². The van der Waals surface area contributed by atoms with E-state index in [-0.39, 0.29) is 11.9 Å². The van der Waals surface area contributed by atoms with Gasteiger partial charge in [-0.1, -0.05) is 279 Å². The van der Waals surface area contributed by atoms with E-state index in [0.29, 0.717) is 43.9 Å². The Kier molecular flexibility index (Phi) is 58.5. The molecule has 74 heavy (non-hydrogen) atoms. The van der Waals surface area contributed by atoms with Crippen molar-refractivity contribution in [2.24, 2.45) is 11.8 Å². The predicted molar refractivity (Wildman–Crippen MR) is 323 cm³/mol. The zero-order valence-electron chi connectivity index (χ0n) is 51.6. The number of ether oxygens (including phenoxy) is 2. The number of rotatable bonds is 62. The lowest BCUT2D eigenvalue weighted by atomic mass is 9.95. The normalized spacial score (nSPS) is 13.0. The first-order valence-corrected chi connectivity index (χ1v) is 33.7. The Morgan fingerprint density at radius 1 is 0.324 bits per heavy atom. The maximum atomic E-state index is 12.8. The quantitative estimate of drug-likeness (QED) is 0.0341. The summed E-state index contributed by atoms with van der Waals surface area (Å²) in [5.74, 6) is 1.14. The third kappa shape index (κ3) is 52.9. The van der Waals surface area contributed by atoms with Gasteiger partial charge in [-0.2, -0.15) is 5.06 Å². The Balaban J connectivity index is 4.91. The smallest absolute Gasteiger partial charge is 0.305 e. The van der Waals surface area contributed by atoms with Gasteiger partial charge in [0, 0.05) is 25.4 Å². The van der Waals surface area contributed by atoms with Gasteiger partial charge in [-0.3, -0.25) is 14.4 Å². The molecule has 0 bridgehead atoms. The molecule has 0 aromatic rings. The molecule has 0 spiro atoms. The molecule has 0 aliphatic carbocycles. The lowest BCUT2D eigenvalue weighted by Gasteiger charge is -2.32. The first kappa shape index (κ1) is 72.8. The Morgan fingerprint density at radius 3 is 0.946 bits per heavy atom. The summed E-state index contributed by atoms with van der Waals surface area (Å²) in [7, 11) is 4.37. The van der Waals surface area contributed by atoms with Crippen molar-refractivity contribution in [3.63, 3.8) is 0 Å². The maximum absolute atomic E-state index is 12.8. The van der Waals surface area contributed by atoms with E-state index >= 15 is 0 Å². The minimum absolute atomic E-state index is 0.0260. The van der Waals surface area contributed by atoms with Crippen LogP contribution in [0.5, 0.6) is 0 Å². The van der Waals surface area contributed by atoms with Gasteiger partial charge in [-0.15, -0.1) is 0 Å². The predicted octanol–water partition coefficient (Wildman–Crippen LogP) is 21.1. The van der Waals surface area contributed by atoms with Crippen LogP contribution in [-0.2, 0) is 23.9 Å². The molecule has 0 aliphatic heterocycles. The molecular weight excluding hydrogens is 913 g/mol. The van der Waals surface area contributed by atoms with Crippen LogP contribution in [0.15, 0.2) is 0 Å². The van der Waals surface area contributed by atoms with E-state index in [1.807, 2.05) is 0 Å². The van der Waals surface area contributed by atoms with E-state index in [0.717, 1.165) is 58.2 Å². The highest BCUT2D eigenvalue weighted by Gasteiger charge is 2.20. The summed E-state index contributed by atoms with van der Waals surface area (Å²) in [6.07, 6.45) is 61.9. The lowest BCUT2D eigenvalue weighted by Crippen LogP contribution is -2.37. The highest BCUT2D eigenvalue weighted by molar-refractivity contribution is 5.69. The summed E-state index contributed by atoms with van der Waals surface area (Å²) in [5.41, 5.74) is 0. The first-order valence-electron chi connectivity index (χ1n) is 33.7. The largest absolute Gasteiger partial charge is 0.465 e. The molecule has 442 valence electrons. The summed E-state index contributed by atoms with van der Waals surface area (Å²) in [5, 5.41) is 2.43. The molecular formula is C67H134N2O5. The van der Waals surface area contributed by atoms with Crippen molar-refractivity contribution >= 4 is 11.9 Å². The van der Waals surface area contributed by atoms with Crippen LogP contribution < -0.4 is 0 Å². The molecule has 7 nitrogen and oxygen atoms in total. The second-order valence-electron chi connectivity index (χ2n) is 23.8. The fraction of sp³-hybridized carbons (Fsp3) is 0.970. The fourth-order valence-electron chi connectivity index (χ4n) is 11.0. The number of hydroxylamine groups is 2. The highest BCUT2D eigenvalue weighted by atomic mass is 16.7. The maximum Gasteiger partial charge on any atom is 0.305 e. The van der Waals surface area contributed by atoms with Crippen LogP contribution in [0, 0.1) is 11.8 Å². The third-order valence-corrected chi connectivity index (χ3v) is 16.1. The van der Waals surface area contributed by atoms with Gasteiger partial charge in [0.2, 0.25) is 0 Å². The van der Waals surface area contributed by atoms with Crippen LogP contribution in [0.3, 0.4) is 0 Å². The van der Waals surface area contributed by atoms with Crippen LogP contribution in [0.25, 0.3) is 0 Å². The van der Waals surface area contributed by atoms with E-state index in [1.165, 1.54) is 270 Å². The molecule has 0 rings (SSSR count). The fourth-order valence-corrected chi connectivity index (χ4v) is 11.0. The van der Waals surface area contributed by atoms with E-state index in [4.69, 9.17) is 14.3 Å². The van der Waals surface area contributed by atoms with Crippen LogP contribution in [0.2, 0.25) is 0 Å². The summed E-state index contributed by atoms with van der Waals surface area (Å²) in [6.45, 7) is 15.6. The molecule has 7 heteroatoms. The van der Waals surface area contributed by atoms with Crippen molar-refractivity contribution in [1.82, 2.24) is 9.96 Å². The number of hydrogen-bond donors (Lipinski definition) is 0. The molecule has 0 fully saturated rings. The molecule has 0 aliphatic rings. The van der Waals surface area contributed by atoms with Crippen molar-refractivity contribution in [1.29, 1.82) is 0 Å². The summed E-state index contributed by atoms with van der Waals surface area (Å²) >= 11 is 0. The van der Waals surface area contributed by atoms with Crippen LogP contribution in [0.4, 0.5) is 0 Å². The Labute approximate surface area is 464 Å². The van der Waals surface area contributed by atoms with Gasteiger partial charge < -0.3 is 14.4 Å². The lowest BCUT2D eigenvalue weighted by molar-refractivity contribution is -0.191. The zero-order chi connectivity index (χ0) is 54.1. The minimum atomic E-state index is 0.0260. The number of carbonyl (C=O) groups is 2. The summed E-state index contributed by atoms with van der Waals surface area (Å²) < 4.78 is 11.8. The Morgan fingerprint density at radius 2 is 0.608 bits per heavy atom. The van der Waals surface area contributed by atoms with Gasteiger partial charge in [0.05, 0.1) is 19.8 Å². The average molecular weight is 1050 g/mol. The van der Waals surface area contributed by atoms with Crippen molar-refractivity contribution in [3.05, 3.63) is 0 Å². The second-order valence-corrected chi connectivity index (χ2v) is 23.8. The average Bonchev–Trinajstić information content (AvgIpc) is 3.39. The van der Waals surface area contributed by atoms with E-state index in [1.54, 1.807) is 0 Å². The van der Waals surface area contributed by atoms with Crippen molar-refractivity contribution in [2.45, 2.75) is 362 Å². The number of esters is 2. The molecule has 0 radical (unpaired) electrons. The minimum Gasteiger partial charge on any atom is -0.465 e. The molecule has 0 heterocycles. The number of nitrogens with zero attached hydrogens (tertiary/aromatic N) is 2. The molecule has 3 atom stereocenters. The van der Waals surface area contributed by atoms with Gasteiger partial charge in [0.1, 0.15) is 0 Å². The zero-order valence-corrected chi connectivity index (χ0v) is 51.6. The van der Waals surface area contributed by atoms with E-state index in [9.17, 15) is 9.59 Å². The first-order chi connectivity index (χ1) is 36.3. The van der Waals surface area contributed by atoms with E-state index in [2.05, 4.69) is 58.7 Å². The SMILES string of the molecule is CCCCCCCCCON(CCCN(C)C)C(CCCCCCCCCC(=O)OCC(CCCCCC)CCCCCCCCC)CCCCCCCCC(=O)OCC(CCCCCC)CCCCCCCC. The molecule has 0 saturated carbocycles. The van der Waals surface area contributed by atoms with E-state index < -0.39 is 0 Å².